The summed E-state index contributed by atoms with van der Waals surface area (Å²) in [6.07, 6.45) is 1.30. The van der Waals surface area contributed by atoms with Crippen LogP contribution in [0.4, 0.5) is 0 Å². The monoisotopic (exact) mass is 264 g/mol. The maximum atomic E-state index is 11.9. The number of nitrogens with zero attached hydrogens (tertiary/aromatic N) is 1. The van der Waals surface area contributed by atoms with Crippen molar-refractivity contribution in [1.29, 1.82) is 0 Å². The lowest BCUT2D eigenvalue weighted by Crippen LogP contribution is -2.50. The van der Waals surface area contributed by atoms with E-state index in [9.17, 15) is 13.2 Å². The first-order valence-corrected chi connectivity index (χ1v) is 7.54. The Bertz CT molecular complexity index is 369. The number of nitrogens with one attached hydrogen (secondary N) is 1. The zero-order valence-corrected chi connectivity index (χ0v) is 11.3. The van der Waals surface area contributed by atoms with E-state index < -0.39 is 10.0 Å². The summed E-state index contributed by atoms with van der Waals surface area (Å²) in [5, 5.41) is 0. The van der Waals surface area contributed by atoms with Gasteiger partial charge in [0.25, 0.3) is 0 Å². The quantitative estimate of drug-likeness (QED) is 0.747. The van der Waals surface area contributed by atoms with E-state index in [4.69, 9.17) is 4.74 Å². The van der Waals surface area contributed by atoms with E-state index in [1.807, 2.05) is 13.8 Å². The third kappa shape index (κ3) is 5.01. The molecular formula is C10H20N2O4S. The minimum atomic E-state index is -3.22. The highest BCUT2D eigenvalue weighted by molar-refractivity contribution is 7.88. The first kappa shape index (κ1) is 14.4. The van der Waals surface area contributed by atoms with Crippen molar-refractivity contribution in [2.24, 2.45) is 0 Å². The zero-order valence-electron chi connectivity index (χ0n) is 10.5. The highest BCUT2D eigenvalue weighted by Gasteiger charge is 2.26. The van der Waals surface area contributed by atoms with Crippen molar-refractivity contribution in [1.82, 2.24) is 9.62 Å². The molecule has 1 heterocycles. The van der Waals surface area contributed by atoms with Gasteiger partial charge in [-0.2, -0.15) is 0 Å². The second kappa shape index (κ2) is 5.79. The first-order valence-electron chi connectivity index (χ1n) is 5.65. The second-order valence-corrected chi connectivity index (χ2v) is 6.29. The van der Waals surface area contributed by atoms with Crippen LogP contribution in [0.1, 0.15) is 20.3 Å². The van der Waals surface area contributed by atoms with Gasteiger partial charge in [-0.25, -0.2) is 13.1 Å². The summed E-state index contributed by atoms with van der Waals surface area (Å²) < 4.78 is 29.4. The minimum absolute atomic E-state index is 0.0381. The van der Waals surface area contributed by atoms with Gasteiger partial charge in [-0.3, -0.25) is 4.79 Å². The number of amides is 1. The highest BCUT2D eigenvalue weighted by atomic mass is 32.2. The predicted octanol–water partition coefficient (Wildman–Crippen LogP) is -0.438. The van der Waals surface area contributed by atoms with Gasteiger partial charge in [-0.1, -0.05) is 0 Å². The maximum Gasteiger partial charge on any atom is 0.224 e. The molecule has 0 spiro atoms. The molecule has 7 heteroatoms. The van der Waals surface area contributed by atoms with Crippen LogP contribution in [0, 0.1) is 0 Å². The van der Waals surface area contributed by atoms with Crippen LogP contribution in [0.5, 0.6) is 0 Å². The molecule has 1 rings (SSSR count). The van der Waals surface area contributed by atoms with Gasteiger partial charge in [0.05, 0.1) is 25.0 Å². The number of sulfonamides is 1. The van der Waals surface area contributed by atoms with Crippen molar-refractivity contribution in [3.05, 3.63) is 0 Å². The molecule has 0 aromatic rings. The summed E-state index contributed by atoms with van der Waals surface area (Å²) in [7, 11) is -3.22. The third-order valence-corrected chi connectivity index (χ3v) is 3.36. The van der Waals surface area contributed by atoms with Gasteiger partial charge in [-0.15, -0.1) is 0 Å². The fraction of sp³-hybridized carbons (Fsp3) is 0.900. The van der Waals surface area contributed by atoms with Crippen LogP contribution in [0.2, 0.25) is 0 Å². The number of ether oxygens (including phenoxy) is 1. The van der Waals surface area contributed by atoms with E-state index in [0.717, 1.165) is 6.26 Å². The fourth-order valence-electron chi connectivity index (χ4n) is 1.74. The molecule has 0 aromatic heterocycles. The van der Waals surface area contributed by atoms with E-state index in [2.05, 4.69) is 4.72 Å². The lowest BCUT2D eigenvalue weighted by molar-refractivity contribution is -0.143. The van der Waals surface area contributed by atoms with Crippen molar-refractivity contribution in [3.63, 3.8) is 0 Å². The SMILES string of the molecule is CC1CN(C(=O)CCNS(C)(=O)=O)C(C)CO1. The zero-order chi connectivity index (χ0) is 13.1. The van der Waals surface area contributed by atoms with Crippen LogP contribution in [0.25, 0.3) is 0 Å². The van der Waals surface area contributed by atoms with Crippen molar-refractivity contribution >= 4 is 15.9 Å². The van der Waals surface area contributed by atoms with E-state index in [1.54, 1.807) is 4.90 Å². The predicted molar refractivity (Wildman–Crippen MR) is 64.1 cm³/mol. The molecule has 0 radical (unpaired) electrons. The number of carbonyl (C=O) groups excluding carboxylic acids is 1. The van der Waals surface area contributed by atoms with Crippen LogP contribution in [0.3, 0.4) is 0 Å². The molecule has 0 saturated carbocycles. The molecule has 1 aliphatic rings. The molecule has 100 valence electrons. The molecule has 2 atom stereocenters. The van der Waals surface area contributed by atoms with Gasteiger partial charge in [0.15, 0.2) is 0 Å². The lowest BCUT2D eigenvalue weighted by Gasteiger charge is -2.36. The first-order chi connectivity index (χ1) is 7.79. The van der Waals surface area contributed by atoms with Crippen molar-refractivity contribution in [2.45, 2.75) is 32.4 Å². The van der Waals surface area contributed by atoms with Crippen LogP contribution >= 0.6 is 0 Å². The summed E-state index contributed by atoms with van der Waals surface area (Å²) in [5.41, 5.74) is 0. The number of morpholine rings is 1. The number of carbonyl (C=O) groups is 1. The standard InChI is InChI=1S/C10H20N2O4S/c1-8-7-16-9(2)6-12(8)10(13)4-5-11-17(3,14)15/h8-9,11H,4-7H2,1-3H3. The molecule has 1 aliphatic heterocycles. The molecule has 0 aliphatic carbocycles. The van der Waals surface area contributed by atoms with Gasteiger partial charge < -0.3 is 9.64 Å². The second-order valence-electron chi connectivity index (χ2n) is 4.46. The van der Waals surface area contributed by atoms with Gasteiger partial charge in [0.2, 0.25) is 15.9 Å². The Labute approximate surface area is 102 Å². The average Bonchev–Trinajstić information content (AvgIpc) is 2.19. The van der Waals surface area contributed by atoms with Crippen molar-refractivity contribution < 1.29 is 17.9 Å². The smallest absolute Gasteiger partial charge is 0.224 e. The Morgan fingerprint density at radius 3 is 2.71 bits per heavy atom. The lowest BCUT2D eigenvalue weighted by atomic mass is 10.2. The minimum Gasteiger partial charge on any atom is -0.375 e. The Kier molecular flexibility index (Phi) is 4.91. The molecule has 0 bridgehead atoms. The molecule has 6 nitrogen and oxygen atoms in total. The van der Waals surface area contributed by atoms with Crippen LogP contribution < -0.4 is 4.72 Å². The average molecular weight is 264 g/mol. The van der Waals surface area contributed by atoms with Crippen LogP contribution in [0.15, 0.2) is 0 Å². The summed E-state index contributed by atoms with van der Waals surface area (Å²) in [6.45, 7) is 5.09. The summed E-state index contributed by atoms with van der Waals surface area (Å²) in [6, 6.07) is 0.0527. The van der Waals surface area contributed by atoms with Crippen LogP contribution in [-0.2, 0) is 19.6 Å². The number of hydrogen-bond donors (Lipinski definition) is 1. The number of hydrogen-bond acceptors (Lipinski definition) is 4. The molecule has 1 N–H and O–H groups in total. The van der Waals surface area contributed by atoms with Crippen molar-refractivity contribution in [3.8, 4) is 0 Å². The van der Waals surface area contributed by atoms with Gasteiger partial charge in [0.1, 0.15) is 0 Å². The van der Waals surface area contributed by atoms with E-state index >= 15 is 0 Å². The molecule has 17 heavy (non-hydrogen) atoms. The van der Waals surface area contributed by atoms with Crippen LogP contribution in [-0.4, -0.2) is 57.3 Å². The number of rotatable bonds is 4. The van der Waals surface area contributed by atoms with E-state index in [1.165, 1.54) is 0 Å². The van der Waals surface area contributed by atoms with Crippen molar-refractivity contribution in [2.75, 3.05) is 26.0 Å². The molecule has 1 saturated heterocycles. The molecule has 2 unspecified atom stereocenters. The maximum absolute atomic E-state index is 11.9. The van der Waals surface area contributed by atoms with Gasteiger partial charge >= 0.3 is 0 Å². The van der Waals surface area contributed by atoms with E-state index in [-0.39, 0.29) is 31.0 Å². The summed E-state index contributed by atoms with van der Waals surface area (Å²) in [5.74, 6) is -0.0381. The molecule has 0 aromatic carbocycles. The van der Waals surface area contributed by atoms with E-state index in [0.29, 0.717) is 13.2 Å². The Hall–Kier alpha value is -0.660. The third-order valence-electron chi connectivity index (χ3n) is 2.63. The summed E-state index contributed by atoms with van der Waals surface area (Å²) in [4.78, 5) is 13.6. The largest absolute Gasteiger partial charge is 0.375 e. The fourth-order valence-corrected chi connectivity index (χ4v) is 2.21. The highest BCUT2D eigenvalue weighted by Crippen LogP contribution is 2.12. The van der Waals surface area contributed by atoms with Gasteiger partial charge in [0, 0.05) is 19.5 Å². The topological polar surface area (TPSA) is 75.7 Å². The van der Waals surface area contributed by atoms with Gasteiger partial charge in [-0.05, 0) is 13.8 Å². The Morgan fingerprint density at radius 2 is 2.12 bits per heavy atom. The Morgan fingerprint density at radius 1 is 1.47 bits per heavy atom. The normalized spacial score (nSPS) is 25.9. The molecular weight excluding hydrogens is 244 g/mol. The summed E-state index contributed by atoms with van der Waals surface area (Å²) >= 11 is 0. The Balaban J connectivity index is 2.41. The molecule has 1 fully saturated rings. The molecule has 1 amide bonds.